The summed E-state index contributed by atoms with van der Waals surface area (Å²) in [5, 5.41) is 20.6. The van der Waals surface area contributed by atoms with Crippen molar-refractivity contribution in [2.75, 3.05) is 0 Å². The number of thiophene rings is 1. The normalized spacial score (nSPS) is 10.9. The van der Waals surface area contributed by atoms with Gasteiger partial charge in [-0.3, -0.25) is 0 Å². The highest BCUT2D eigenvalue weighted by atomic mass is 32.1. The van der Waals surface area contributed by atoms with Crippen LogP contribution in [0.1, 0.15) is 5.56 Å². The van der Waals surface area contributed by atoms with Gasteiger partial charge in [-0.1, -0.05) is 12.1 Å². The predicted molar refractivity (Wildman–Crippen MR) is 61.0 cm³/mol. The summed E-state index contributed by atoms with van der Waals surface area (Å²) in [7, 11) is 0. The third-order valence-electron chi connectivity index (χ3n) is 2.10. The van der Waals surface area contributed by atoms with Crippen LogP contribution in [0.15, 0.2) is 35.7 Å². The zero-order valence-electron chi connectivity index (χ0n) is 7.77. The van der Waals surface area contributed by atoms with Gasteiger partial charge in [0.25, 0.3) is 0 Å². The van der Waals surface area contributed by atoms with E-state index in [1.165, 1.54) is 6.08 Å². The summed E-state index contributed by atoms with van der Waals surface area (Å²) < 4.78 is 1.13. The first-order chi connectivity index (χ1) is 7.35. The summed E-state index contributed by atoms with van der Waals surface area (Å²) in [6.07, 6.45) is 1.27. The molecule has 2 aromatic rings. The Kier molecular flexibility index (Phi) is 2.49. The molecule has 0 aliphatic heterocycles. The minimum atomic E-state index is 0.410. The number of fused-ring (bicyclic) bond motifs is 1. The highest BCUT2D eigenvalue weighted by molar-refractivity contribution is 7.17. The summed E-state index contributed by atoms with van der Waals surface area (Å²) >= 11 is 1.63. The van der Waals surface area contributed by atoms with Crippen LogP contribution in [0.25, 0.3) is 15.7 Å². The molecular formula is C12H6N2S. The van der Waals surface area contributed by atoms with Crippen LogP contribution >= 0.6 is 11.3 Å². The number of nitriles is 2. The van der Waals surface area contributed by atoms with Crippen LogP contribution in [0.3, 0.4) is 0 Å². The third kappa shape index (κ3) is 1.74. The maximum atomic E-state index is 8.87. The number of allylic oxidation sites excluding steroid dienone is 2. The SMILES string of the molecule is N#CC=C(C#N)c1ccc2ccsc2c1. The van der Waals surface area contributed by atoms with Gasteiger partial charge in [0.05, 0.1) is 11.6 Å². The van der Waals surface area contributed by atoms with E-state index in [9.17, 15) is 0 Å². The van der Waals surface area contributed by atoms with E-state index < -0.39 is 0 Å². The minimum Gasteiger partial charge on any atom is -0.193 e. The Bertz CT molecular complexity index is 608. The second-order valence-electron chi connectivity index (χ2n) is 2.97. The molecule has 0 amide bonds. The van der Waals surface area contributed by atoms with Crippen molar-refractivity contribution in [2.45, 2.75) is 0 Å². The van der Waals surface area contributed by atoms with Crippen LogP contribution < -0.4 is 0 Å². The molecule has 0 saturated carbocycles. The molecule has 0 saturated heterocycles. The highest BCUT2D eigenvalue weighted by Crippen LogP contribution is 2.24. The highest BCUT2D eigenvalue weighted by Gasteiger charge is 2.02. The van der Waals surface area contributed by atoms with Crippen molar-refractivity contribution in [3.8, 4) is 12.1 Å². The number of rotatable bonds is 1. The molecule has 0 radical (unpaired) electrons. The third-order valence-corrected chi connectivity index (χ3v) is 2.98. The fourth-order valence-corrected chi connectivity index (χ4v) is 2.20. The van der Waals surface area contributed by atoms with Crippen LogP contribution in [-0.4, -0.2) is 0 Å². The van der Waals surface area contributed by atoms with E-state index in [1.807, 2.05) is 41.8 Å². The number of hydrogen-bond donors (Lipinski definition) is 0. The van der Waals surface area contributed by atoms with Gasteiger partial charge in [-0.15, -0.1) is 11.3 Å². The van der Waals surface area contributed by atoms with Crippen molar-refractivity contribution in [1.82, 2.24) is 0 Å². The van der Waals surface area contributed by atoms with Crippen molar-refractivity contribution in [3.05, 3.63) is 41.3 Å². The van der Waals surface area contributed by atoms with E-state index in [2.05, 4.69) is 0 Å². The van der Waals surface area contributed by atoms with Crippen LogP contribution in [0.4, 0.5) is 0 Å². The van der Waals surface area contributed by atoms with Gasteiger partial charge in [-0.25, -0.2) is 0 Å². The molecule has 0 bridgehead atoms. The second kappa shape index (κ2) is 3.96. The fourth-order valence-electron chi connectivity index (χ4n) is 1.37. The Morgan fingerprint density at radius 3 is 2.87 bits per heavy atom. The molecule has 0 atom stereocenters. The van der Waals surface area contributed by atoms with Gasteiger partial charge < -0.3 is 0 Å². The van der Waals surface area contributed by atoms with Crippen molar-refractivity contribution in [3.63, 3.8) is 0 Å². The lowest BCUT2D eigenvalue weighted by Gasteiger charge is -1.97. The molecule has 0 spiro atoms. The van der Waals surface area contributed by atoms with Crippen molar-refractivity contribution < 1.29 is 0 Å². The zero-order chi connectivity index (χ0) is 10.7. The molecule has 3 heteroatoms. The summed E-state index contributed by atoms with van der Waals surface area (Å²) in [4.78, 5) is 0. The minimum absolute atomic E-state index is 0.410. The molecule has 0 aliphatic carbocycles. The van der Waals surface area contributed by atoms with E-state index >= 15 is 0 Å². The Morgan fingerprint density at radius 2 is 2.13 bits per heavy atom. The zero-order valence-corrected chi connectivity index (χ0v) is 8.58. The van der Waals surface area contributed by atoms with Gasteiger partial charge in [-0.2, -0.15) is 10.5 Å². The van der Waals surface area contributed by atoms with E-state index in [-0.39, 0.29) is 0 Å². The molecule has 0 aliphatic rings. The smallest absolute Gasteiger partial charge is 0.101 e. The molecule has 0 unspecified atom stereocenters. The maximum Gasteiger partial charge on any atom is 0.101 e. The Morgan fingerprint density at radius 1 is 1.27 bits per heavy atom. The average molecular weight is 210 g/mol. The molecular weight excluding hydrogens is 204 g/mol. The van der Waals surface area contributed by atoms with Gasteiger partial charge in [0.2, 0.25) is 0 Å². The Labute approximate surface area is 91.3 Å². The summed E-state index contributed by atoms with van der Waals surface area (Å²) in [5.74, 6) is 0. The molecule has 1 aromatic heterocycles. The van der Waals surface area contributed by atoms with Crippen molar-refractivity contribution >= 4 is 27.0 Å². The first-order valence-electron chi connectivity index (χ1n) is 4.32. The largest absolute Gasteiger partial charge is 0.193 e. The van der Waals surface area contributed by atoms with Crippen molar-refractivity contribution in [2.24, 2.45) is 0 Å². The molecule has 1 heterocycles. The van der Waals surface area contributed by atoms with E-state index in [1.54, 1.807) is 11.3 Å². The number of hydrogen-bond acceptors (Lipinski definition) is 3. The van der Waals surface area contributed by atoms with Crippen LogP contribution in [-0.2, 0) is 0 Å². The Balaban J connectivity index is 2.58. The second-order valence-corrected chi connectivity index (χ2v) is 3.92. The Hall–Kier alpha value is -2.10. The molecule has 2 nitrogen and oxygen atoms in total. The van der Waals surface area contributed by atoms with Crippen LogP contribution in [0.2, 0.25) is 0 Å². The monoisotopic (exact) mass is 210 g/mol. The molecule has 1 aromatic carbocycles. The summed E-state index contributed by atoms with van der Waals surface area (Å²) in [5.41, 5.74) is 1.21. The van der Waals surface area contributed by atoms with Crippen LogP contribution in [0.5, 0.6) is 0 Å². The van der Waals surface area contributed by atoms with E-state index in [0.717, 1.165) is 15.6 Å². The molecule has 2 rings (SSSR count). The lowest BCUT2D eigenvalue weighted by Crippen LogP contribution is -1.79. The maximum absolute atomic E-state index is 8.87. The average Bonchev–Trinajstić information content (AvgIpc) is 2.72. The summed E-state index contributed by atoms with van der Waals surface area (Å²) in [6, 6.07) is 11.7. The lowest BCUT2D eigenvalue weighted by atomic mass is 10.1. The number of nitrogens with zero attached hydrogens (tertiary/aromatic N) is 2. The first-order valence-corrected chi connectivity index (χ1v) is 5.20. The van der Waals surface area contributed by atoms with Gasteiger partial charge >= 0.3 is 0 Å². The quantitative estimate of drug-likeness (QED) is 0.678. The van der Waals surface area contributed by atoms with Gasteiger partial charge in [0, 0.05) is 10.8 Å². The van der Waals surface area contributed by atoms with Crippen LogP contribution in [0, 0.1) is 22.7 Å². The molecule has 0 N–H and O–H groups in total. The lowest BCUT2D eigenvalue weighted by molar-refractivity contribution is 1.51. The van der Waals surface area contributed by atoms with Gasteiger partial charge in [0.15, 0.2) is 0 Å². The molecule has 70 valence electrons. The van der Waals surface area contributed by atoms with E-state index in [0.29, 0.717) is 5.57 Å². The topological polar surface area (TPSA) is 47.6 Å². The standard InChI is InChI=1S/C12H6N2S/c13-5-3-11(8-14)10-2-1-9-4-6-15-12(9)7-10/h1-4,6-7H. The van der Waals surface area contributed by atoms with E-state index in [4.69, 9.17) is 10.5 Å². The van der Waals surface area contributed by atoms with Crippen molar-refractivity contribution in [1.29, 1.82) is 10.5 Å². The first kappa shape index (κ1) is 9.45. The van der Waals surface area contributed by atoms with Gasteiger partial charge in [0.1, 0.15) is 6.07 Å². The fraction of sp³-hybridized carbons (Fsp3) is 0. The molecule has 0 fully saturated rings. The predicted octanol–water partition coefficient (Wildman–Crippen LogP) is 3.33. The number of benzene rings is 1. The van der Waals surface area contributed by atoms with Gasteiger partial charge in [-0.05, 0) is 28.5 Å². The summed E-state index contributed by atoms with van der Waals surface area (Å²) in [6.45, 7) is 0. The molecule has 15 heavy (non-hydrogen) atoms.